The first-order valence-electron chi connectivity index (χ1n) is 10.1. The number of fused-ring (bicyclic) bond motifs is 1. The van der Waals surface area contributed by atoms with Crippen LogP contribution in [0.15, 0.2) is 59.5 Å². The van der Waals surface area contributed by atoms with Crippen LogP contribution in [0.2, 0.25) is 0 Å². The predicted molar refractivity (Wildman–Crippen MR) is 111 cm³/mol. The lowest BCUT2D eigenvalue weighted by Crippen LogP contribution is -2.52. The summed E-state index contributed by atoms with van der Waals surface area (Å²) in [6.07, 6.45) is 0.816. The van der Waals surface area contributed by atoms with Crippen molar-refractivity contribution in [3.63, 3.8) is 0 Å². The number of hydrogen-bond acceptors (Lipinski definition) is 5. The number of hydrogen-bond donors (Lipinski definition) is 0. The molecule has 0 unspecified atom stereocenters. The van der Waals surface area contributed by atoms with Crippen LogP contribution >= 0.6 is 0 Å². The third-order valence-corrected chi connectivity index (χ3v) is 7.79. The van der Waals surface area contributed by atoms with Gasteiger partial charge in [0.05, 0.1) is 25.2 Å². The average Bonchev–Trinajstić information content (AvgIpc) is 2.96. The highest BCUT2D eigenvalue weighted by atomic mass is 32.2. The average molecular weight is 417 g/mol. The fourth-order valence-electron chi connectivity index (χ4n) is 4.34. The van der Waals surface area contributed by atoms with Crippen LogP contribution in [0.1, 0.15) is 12.0 Å². The molecule has 156 valence electrons. The van der Waals surface area contributed by atoms with Crippen LogP contribution in [0.25, 0.3) is 0 Å². The van der Waals surface area contributed by atoms with Gasteiger partial charge >= 0.3 is 0 Å². The second-order valence-electron chi connectivity index (χ2n) is 7.69. The van der Waals surface area contributed by atoms with Crippen molar-refractivity contribution in [3.05, 3.63) is 60.2 Å². The monoisotopic (exact) mass is 416 g/mol. The molecule has 29 heavy (non-hydrogen) atoms. The summed E-state index contributed by atoms with van der Waals surface area (Å²) in [7, 11) is -1.95. The smallest absolute Gasteiger partial charge is 0.243 e. The van der Waals surface area contributed by atoms with Gasteiger partial charge in [-0.1, -0.05) is 30.3 Å². The van der Waals surface area contributed by atoms with Gasteiger partial charge in [-0.15, -0.1) is 0 Å². The van der Waals surface area contributed by atoms with E-state index in [4.69, 9.17) is 9.47 Å². The molecule has 2 saturated heterocycles. The van der Waals surface area contributed by atoms with Gasteiger partial charge in [-0.05, 0) is 36.2 Å². The largest absolute Gasteiger partial charge is 0.497 e. The van der Waals surface area contributed by atoms with E-state index in [1.165, 1.54) is 5.56 Å². The molecule has 0 spiro atoms. The molecule has 0 aromatic heterocycles. The van der Waals surface area contributed by atoms with Crippen LogP contribution in [0.5, 0.6) is 5.75 Å². The maximum absolute atomic E-state index is 13.2. The van der Waals surface area contributed by atoms with Crippen molar-refractivity contribution in [2.75, 3.05) is 40.0 Å². The summed E-state index contributed by atoms with van der Waals surface area (Å²) in [4.78, 5) is 2.78. The van der Waals surface area contributed by atoms with Gasteiger partial charge in [0, 0.05) is 38.1 Å². The minimum Gasteiger partial charge on any atom is -0.497 e. The fourth-order valence-corrected chi connectivity index (χ4v) is 5.85. The fraction of sp³-hybridized carbons (Fsp3) is 0.455. The zero-order valence-electron chi connectivity index (χ0n) is 16.7. The molecule has 2 aromatic rings. The molecule has 2 aromatic carbocycles. The molecule has 2 aliphatic rings. The lowest BCUT2D eigenvalue weighted by molar-refractivity contribution is 0.0762. The van der Waals surface area contributed by atoms with E-state index in [1.807, 2.05) is 6.07 Å². The summed E-state index contributed by atoms with van der Waals surface area (Å²) in [5.41, 5.74) is 1.28. The normalized spacial score (nSPS) is 23.9. The van der Waals surface area contributed by atoms with Gasteiger partial charge in [0.25, 0.3) is 0 Å². The molecule has 2 aliphatic heterocycles. The molecular weight excluding hydrogens is 388 g/mol. The van der Waals surface area contributed by atoms with E-state index < -0.39 is 10.0 Å². The number of piperidine rings is 1. The lowest BCUT2D eigenvalue weighted by Gasteiger charge is -2.41. The second-order valence-corrected chi connectivity index (χ2v) is 9.62. The lowest BCUT2D eigenvalue weighted by atomic mass is 9.92. The summed E-state index contributed by atoms with van der Waals surface area (Å²) in [6, 6.07) is 17.4. The molecule has 6 nitrogen and oxygen atoms in total. The zero-order chi connectivity index (χ0) is 20.3. The van der Waals surface area contributed by atoms with Crippen molar-refractivity contribution >= 4 is 10.0 Å². The van der Waals surface area contributed by atoms with Crippen LogP contribution in [-0.4, -0.2) is 63.6 Å². The van der Waals surface area contributed by atoms with E-state index in [1.54, 1.807) is 35.7 Å². The Morgan fingerprint density at radius 2 is 1.83 bits per heavy atom. The molecule has 4 rings (SSSR count). The Morgan fingerprint density at radius 1 is 1.07 bits per heavy atom. The highest BCUT2D eigenvalue weighted by Gasteiger charge is 2.39. The number of methoxy groups -OCH3 is 1. The van der Waals surface area contributed by atoms with Crippen molar-refractivity contribution in [2.24, 2.45) is 5.92 Å². The maximum Gasteiger partial charge on any atom is 0.243 e. The molecule has 0 aliphatic carbocycles. The van der Waals surface area contributed by atoms with Crippen LogP contribution in [0, 0.1) is 5.92 Å². The van der Waals surface area contributed by atoms with Crippen LogP contribution < -0.4 is 4.74 Å². The van der Waals surface area contributed by atoms with Gasteiger partial charge in [-0.2, -0.15) is 4.31 Å². The molecule has 0 bridgehead atoms. The number of sulfonamides is 1. The quantitative estimate of drug-likeness (QED) is 0.750. The zero-order valence-corrected chi connectivity index (χ0v) is 17.6. The van der Waals surface area contributed by atoms with Crippen LogP contribution in [0.3, 0.4) is 0 Å². The predicted octanol–water partition coefficient (Wildman–Crippen LogP) is 2.61. The van der Waals surface area contributed by atoms with Crippen molar-refractivity contribution in [1.29, 1.82) is 0 Å². The highest BCUT2D eigenvalue weighted by molar-refractivity contribution is 7.89. The second kappa shape index (κ2) is 8.83. The van der Waals surface area contributed by atoms with Crippen molar-refractivity contribution in [3.8, 4) is 5.75 Å². The molecule has 0 radical (unpaired) electrons. The van der Waals surface area contributed by atoms with E-state index in [0.717, 1.165) is 19.5 Å². The Bertz CT molecular complexity index is 902. The molecule has 2 fully saturated rings. The summed E-state index contributed by atoms with van der Waals surface area (Å²) < 4.78 is 38.9. The van der Waals surface area contributed by atoms with E-state index in [0.29, 0.717) is 43.0 Å². The molecule has 2 atom stereocenters. The van der Waals surface area contributed by atoms with E-state index in [2.05, 4.69) is 29.2 Å². The van der Waals surface area contributed by atoms with Crippen LogP contribution in [0.4, 0.5) is 0 Å². The molecule has 7 heteroatoms. The first kappa shape index (κ1) is 20.3. The summed E-state index contributed by atoms with van der Waals surface area (Å²) in [6.45, 7) is 4.05. The number of rotatable bonds is 5. The Kier molecular flexibility index (Phi) is 6.20. The minimum atomic E-state index is -3.52. The van der Waals surface area contributed by atoms with Crippen LogP contribution in [-0.2, 0) is 21.3 Å². The molecular formula is C22H28N2O4S. The van der Waals surface area contributed by atoms with Gasteiger partial charge in [0.1, 0.15) is 5.75 Å². The summed E-state index contributed by atoms with van der Waals surface area (Å²) >= 11 is 0. The highest BCUT2D eigenvalue weighted by Crippen LogP contribution is 2.30. The first-order chi connectivity index (χ1) is 14.1. The Balaban J connectivity index is 1.49. The Morgan fingerprint density at radius 3 is 2.55 bits per heavy atom. The Hall–Kier alpha value is -1.93. The van der Waals surface area contributed by atoms with Gasteiger partial charge < -0.3 is 9.47 Å². The van der Waals surface area contributed by atoms with E-state index >= 15 is 0 Å². The van der Waals surface area contributed by atoms with Gasteiger partial charge in [0.2, 0.25) is 10.0 Å². The van der Waals surface area contributed by atoms with E-state index in [-0.39, 0.29) is 5.92 Å². The van der Waals surface area contributed by atoms with Gasteiger partial charge in [-0.25, -0.2) is 8.42 Å². The topological polar surface area (TPSA) is 59.1 Å². The number of ether oxygens (including phenoxy) is 2. The van der Waals surface area contributed by atoms with Crippen molar-refractivity contribution in [2.45, 2.75) is 23.9 Å². The van der Waals surface area contributed by atoms with Crippen molar-refractivity contribution in [1.82, 2.24) is 9.21 Å². The third-order valence-electron chi connectivity index (χ3n) is 5.91. The summed E-state index contributed by atoms with van der Waals surface area (Å²) in [5, 5.41) is 0. The Labute approximate surface area is 173 Å². The SMILES string of the molecule is COc1ccc(S(=O)(=O)N2CC[C@@H]3[C@@H](COCCN3Cc3ccccc3)C2)cc1. The number of benzene rings is 2. The first-order valence-corrected chi connectivity index (χ1v) is 11.5. The van der Waals surface area contributed by atoms with E-state index in [9.17, 15) is 8.42 Å². The molecule has 0 saturated carbocycles. The van der Waals surface area contributed by atoms with Gasteiger partial charge in [-0.3, -0.25) is 4.90 Å². The third kappa shape index (κ3) is 4.48. The standard InChI is InChI=1S/C22H28N2O4S/c1-27-20-7-9-21(10-8-20)29(25,26)24-12-11-22-19(16-24)17-28-14-13-23(22)15-18-5-3-2-4-6-18/h2-10,19,22H,11-17H2,1H3/t19-,22-/m1/s1. The van der Waals surface area contributed by atoms with Gasteiger partial charge in [0.15, 0.2) is 0 Å². The molecule has 2 heterocycles. The molecule has 0 amide bonds. The number of nitrogens with zero attached hydrogens (tertiary/aromatic N) is 2. The molecule has 0 N–H and O–H groups in total. The van der Waals surface area contributed by atoms with Crippen molar-refractivity contribution < 1.29 is 17.9 Å². The minimum absolute atomic E-state index is 0.169. The summed E-state index contributed by atoms with van der Waals surface area (Å²) in [5.74, 6) is 0.819. The maximum atomic E-state index is 13.2.